The highest BCUT2D eigenvalue weighted by Gasteiger charge is 2.24. The Kier molecular flexibility index (Phi) is 4.99. The van der Waals surface area contributed by atoms with Crippen LogP contribution in [-0.4, -0.2) is 16.4 Å². The first-order valence-corrected chi connectivity index (χ1v) is 9.47. The van der Waals surface area contributed by atoms with Gasteiger partial charge in [-0.05, 0) is 47.9 Å². The number of aromatic nitrogens is 1. The minimum Gasteiger partial charge on any atom is -0.322 e. The molecule has 3 aromatic rings. The summed E-state index contributed by atoms with van der Waals surface area (Å²) in [6.45, 7) is 0.512. The van der Waals surface area contributed by atoms with Gasteiger partial charge in [0.1, 0.15) is 5.56 Å². The molecule has 1 aromatic heterocycles. The molecule has 1 aliphatic rings. The van der Waals surface area contributed by atoms with Crippen LogP contribution in [0, 0.1) is 0 Å². The lowest BCUT2D eigenvalue weighted by Crippen LogP contribution is -2.34. The van der Waals surface area contributed by atoms with Crippen LogP contribution < -0.4 is 15.8 Å². The maximum absolute atomic E-state index is 12.5. The first-order chi connectivity index (χ1) is 14.0. The number of pyridine rings is 1. The van der Waals surface area contributed by atoms with Gasteiger partial charge in [0, 0.05) is 31.0 Å². The van der Waals surface area contributed by atoms with Crippen molar-refractivity contribution in [2.24, 2.45) is 7.05 Å². The number of nitrogens with one attached hydrogen (secondary N) is 1. The van der Waals surface area contributed by atoms with Gasteiger partial charge in [0.05, 0.1) is 6.54 Å². The molecule has 0 saturated heterocycles. The summed E-state index contributed by atoms with van der Waals surface area (Å²) in [5, 5.41) is 2.80. The Morgan fingerprint density at radius 2 is 1.79 bits per heavy atom. The number of fused-ring (bicyclic) bond motifs is 1. The van der Waals surface area contributed by atoms with Crippen molar-refractivity contribution in [3.8, 4) is 0 Å². The van der Waals surface area contributed by atoms with Crippen molar-refractivity contribution in [3.05, 3.63) is 93.9 Å². The van der Waals surface area contributed by atoms with Gasteiger partial charge in [-0.1, -0.05) is 30.3 Å². The largest absolute Gasteiger partial charge is 0.322 e. The van der Waals surface area contributed by atoms with Crippen LogP contribution in [0.1, 0.15) is 27.9 Å². The van der Waals surface area contributed by atoms with Gasteiger partial charge in [-0.2, -0.15) is 0 Å². The van der Waals surface area contributed by atoms with Gasteiger partial charge < -0.3 is 14.8 Å². The number of nitrogens with zero attached hydrogens (tertiary/aromatic N) is 2. The molecular formula is C23H21N3O3. The summed E-state index contributed by atoms with van der Waals surface area (Å²) >= 11 is 0. The number of anilines is 2. The number of carbonyl (C=O) groups excluding carboxylic acids is 2. The normalized spacial score (nSPS) is 13.1. The Balaban J connectivity index is 1.58. The predicted molar refractivity (Wildman–Crippen MR) is 112 cm³/mol. The summed E-state index contributed by atoms with van der Waals surface area (Å²) in [5.41, 5.74) is 3.27. The highest BCUT2D eigenvalue weighted by Crippen LogP contribution is 2.31. The van der Waals surface area contributed by atoms with Crippen LogP contribution in [-0.2, 0) is 24.8 Å². The summed E-state index contributed by atoms with van der Waals surface area (Å²) in [5.74, 6) is -0.356. The second kappa shape index (κ2) is 7.75. The Labute approximate surface area is 168 Å². The van der Waals surface area contributed by atoms with Gasteiger partial charge in [0.2, 0.25) is 5.91 Å². The fourth-order valence-corrected chi connectivity index (χ4v) is 3.55. The first-order valence-electron chi connectivity index (χ1n) is 9.47. The van der Waals surface area contributed by atoms with Crippen molar-refractivity contribution >= 4 is 23.2 Å². The maximum Gasteiger partial charge on any atom is 0.263 e. The zero-order valence-corrected chi connectivity index (χ0v) is 16.1. The third-order valence-corrected chi connectivity index (χ3v) is 5.09. The Morgan fingerprint density at radius 1 is 1.00 bits per heavy atom. The molecular weight excluding hydrogens is 366 g/mol. The number of aryl methyl sites for hydroxylation is 2. The van der Waals surface area contributed by atoms with Crippen molar-refractivity contribution in [2.45, 2.75) is 19.4 Å². The van der Waals surface area contributed by atoms with E-state index >= 15 is 0 Å². The molecule has 0 aliphatic carbocycles. The smallest absolute Gasteiger partial charge is 0.263 e. The van der Waals surface area contributed by atoms with E-state index in [-0.39, 0.29) is 17.0 Å². The quantitative estimate of drug-likeness (QED) is 0.748. The fraction of sp³-hybridized carbons (Fsp3) is 0.174. The summed E-state index contributed by atoms with van der Waals surface area (Å²) in [4.78, 5) is 38.9. The molecule has 1 N–H and O–H groups in total. The van der Waals surface area contributed by atoms with Crippen molar-refractivity contribution in [3.63, 3.8) is 0 Å². The summed E-state index contributed by atoms with van der Waals surface area (Å²) in [7, 11) is 1.61. The van der Waals surface area contributed by atoms with Crippen molar-refractivity contribution in [2.75, 3.05) is 10.2 Å². The van der Waals surface area contributed by atoms with E-state index in [9.17, 15) is 14.4 Å². The zero-order valence-electron chi connectivity index (χ0n) is 16.1. The molecule has 0 bridgehead atoms. The molecule has 0 unspecified atom stereocenters. The van der Waals surface area contributed by atoms with Crippen LogP contribution in [0.25, 0.3) is 0 Å². The van der Waals surface area contributed by atoms with Crippen LogP contribution in [0.2, 0.25) is 0 Å². The number of rotatable bonds is 4. The van der Waals surface area contributed by atoms with Gasteiger partial charge in [-0.25, -0.2) is 0 Å². The fourth-order valence-electron chi connectivity index (χ4n) is 3.55. The van der Waals surface area contributed by atoms with Crippen LogP contribution in [0.3, 0.4) is 0 Å². The SMILES string of the molecule is Cn1cccc(C(=O)Nc2ccc3c(c2)CCC(=O)N3Cc2ccccc2)c1=O. The highest BCUT2D eigenvalue weighted by molar-refractivity contribution is 6.04. The lowest BCUT2D eigenvalue weighted by atomic mass is 9.99. The Hall–Kier alpha value is -3.67. The monoisotopic (exact) mass is 387 g/mol. The average molecular weight is 387 g/mol. The van der Waals surface area contributed by atoms with Gasteiger partial charge in [0.15, 0.2) is 0 Å². The third kappa shape index (κ3) is 3.82. The molecule has 146 valence electrons. The molecule has 4 rings (SSSR count). The number of benzene rings is 2. The molecule has 2 heterocycles. The summed E-state index contributed by atoms with van der Waals surface area (Å²) in [6.07, 6.45) is 2.66. The van der Waals surface area contributed by atoms with Gasteiger partial charge in [-0.3, -0.25) is 14.4 Å². The van der Waals surface area contributed by atoms with Crippen LogP contribution in [0.15, 0.2) is 71.7 Å². The minimum absolute atomic E-state index is 0.0888. The van der Waals surface area contributed by atoms with Crippen molar-refractivity contribution in [1.82, 2.24) is 4.57 Å². The van der Waals surface area contributed by atoms with E-state index in [4.69, 9.17) is 0 Å². The molecule has 0 saturated carbocycles. The molecule has 2 aromatic carbocycles. The zero-order chi connectivity index (χ0) is 20.4. The maximum atomic E-state index is 12.5. The van der Waals surface area contributed by atoms with Crippen molar-refractivity contribution < 1.29 is 9.59 Å². The number of amides is 2. The second-order valence-corrected chi connectivity index (χ2v) is 7.10. The Bertz CT molecular complexity index is 1140. The topological polar surface area (TPSA) is 71.4 Å². The van der Waals surface area contributed by atoms with E-state index in [2.05, 4.69) is 5.32 Å². The number of carbonyl (C=O) groups is 2. The van der Waals surface area contributed by atoms with Crippen LogP contribution in [0.4, 0.5) is 11.4 Å². The van der Waals surface area contributed by atoms with Crippen molar-refractivity contribution in [1.29, 1.82) is 0 Å². The summed E-state index contributed by atoms with van der Waals surface area (Å²) in [6, 6.07) is 18.5. The molecule has 6 nitrogen and oxygen atoms in total. The van der Waals surface area contributed by atoms with Gasteiger partial charge in [0.25, 0.3) is 11.5 Å². The minimum atomic E-state index is -0.445. The van der Waals surface area contributed by atoms with E-state index < -0.39 is 5.91 Å². The standard InChI is InChI=1S/C23H21N3O3/c1-25-13-5-8-19(23(25)29)22(28)24-18-10-11-20-17(14-18)9-12-21(27)26(20)15-16-6-3-2-4-7-16/h2-8,10-11,13-14H,9,12,15H2,1H3,(H,24,28). The van der Waals surface area contributed by atoms with E-state index in [0.29, 0.717) is 25.1 Å². The molecule has 0 spiro atoms. The van der Waals surface area contributed by atoms with E-state index in [0.717, 1.165) is 16.8 Å². The molecule has 0 fully saturated rings. The highest BCUT2D eigenvalue weighted by atomic mass is 16.2. The molecule has 6 heteroatoms. The van der Waals surface area contributed by atoms with E-state index in [1.54, 1.807) is 30.3 Å². The van der Waals surface area contributed by atoms with Gasteiger partial charge >= 0.3 is 0 Å². The number of hydrogen-bond acceptors (Lipinski definition) is 3. The molecule has 0 atom stereocenters. The molecule has 1 aliphatic heterocycles. The lowest BCUT2D eigenvalue weighted by Gasteiger charge is -2.30. The van der Waals surface area contributed by atoms with Gasteiger partial charge in [-0.15, -0.1) is 0 Å². The lowest BCUT2D eigenvalue weighted by molar-refractivity contribution is -0.119. The average Bonchev–Trinajstić information content (AvgIpc) is 2.73. The predicted octanol–water partition coefficient (Wildman–Crippen LogP) is 3.12. The Morgan fingerprint density at radius 3 is 2.59 bits per heavy atom. The molecule has 2 amide bonds. The molecule has 0 radical (unpaired) electrons. The van der Waals surface area contributed by atoms with Crippen LogP contribution in [0.5, 0.6) is 0 Å². The van der Waals surface area contributed by atoms with Crippen LogP contribution >= 0.6 is 0 Å². The summed E-state index contributed by atoms with van der Waals surface area (Å²) < 4.78 is 1.37. The first kappa shape index (κ1) is 18.7. The third-order valence-electron chi connectivity index (χ3n) is 5.09. The molecule has 29 heavy (non-hydrogen) atoms. The van der Waals surface area contributed by atoms with E-state index in [1.807, 2.05) is 42.5 Å². The second-order valence-electron chi connectivity index (χ2n) is 7.10. The number of hydrogen-bond donors (Lipinski definition) is 1. The van der Waals surface area contributed by atoms with E-state index in [1.165, 1.54) is 10.6 Å².